The standard InChI is InChI=1S/C13H17N3O2S/c1-8-5-6-14-11-10(8)15-12(19-7-9(17)18)16(11)13(2,3)4/h5-6H,7H2,1-4H3,(H,17,18). The van der Waals surface area contributed by atoms with Crippen molar-refractivity contribution in [3.63, 3.8) is 0 Å². The highest BCUT2D eigenvalue weighted by atomic mass is 32.2. The van der Waals surface area contributed by atoms with Crippen molar-refractivity contribution in [2.45, 2.75) is 38.4 Å². The molecule has 5 nitrogen and oxygen atoms in total. The van der Waals surface area contributed by atoms with Gasteiger partial charge in [0.25, 0.3) is 0 Å². The average molecular weight is 279 g/mol. The number of carboxylic acid groups (broad SMARTS) is 1. The molecule has 2 heterocycles. The molecule has 0 spiro atoms. The molecule has 0 atom stereocenters. The minimum absolute atomic E-state index is 0.00154. The zero-order valence-corrected chi connectivity index (χ0v) is 12.3. The summed E-state index contributed by atoms with van der Waals surface area (Å²) in [7, 11) is 0. The van der Waals surface area contributed by atoms with Crippen LogP contribution >= 0.6 is 11.8 Å². The van der Waals surface area contributed by atoms with Crippen molar-refractivity contribution in [1.29, 1.82) is 0 Å². The molecule has 0 aliphatic rings. The van der Waals surface area contributed by atoms with Crippen molar-refractivity contribution >= 4 is 28.9 Å². The Morgan fingerprint density at radius 3 is 2.74 bits per heavy atom. The SMILES string of the molecule is Cc1ccnc2c1nc(SCC(=O)O)n2C(C)(C)C. The van der Waals surface area contributed by atoms with E-state index in [2.05, 4.69) is 30.7 Å². The smallest absolute Gasteiger partial charge is 0.313 e. The van der Waals surface area contributed by atoms with Gasteiger partial charge in [0.2, 0.25) is 0 Å². The Labute approximate surface area is 116 Å². The van der Waals surface area contributed by atoms with Crippen molar-refractivity contribution in [2.24, 2.45) is 0 Å². The zero-order valence-electron chi connectivity index (χ0n) is 11.5. The molecule has 19 heavy (non-hydrogen) atoms. The topological polar surface area (TPSA) is 68.0 Å². The number of aromatic nitrogens is 3. The second-order valence-corrected chi connectivity index (χ2v) is 6.33. The van der Waals surface area contributed by atoms with Crippen LogP contribution in [-0.4, -0.2) is 31.4 Å². The number of aliphatic carboxylic acids is 1. The van der Waals surface area contributed by atoms with Crippen molar-refractivity contribution in [2.75, 3.05) is 5.75 Å². The van der Waals surface area contributed by atoms with Crippen LogP contribution in [0.3, 0.4) is 0 Å². The summed E-state index contributed by atoms with van der Waals surface area (Å²) in [5, 5.41) is 9.53. The van der Waals surface area contributed by atoms with E-state index >= 15 is 0 Å². The van der Waals surface area contributed by atoms with Gasteiger partial charge in [0.1, 0.15) is 5.52 Å². The molecule has 2 aromatic rings. The van der Waals surface area contributed by atoms with Crippen molar-refractivity contribution in [3.8, 4) is 0 Å². The van der Waals surface area contributed by atoms with Gasteiger partial charge in [-0.25, -0.2) is 9.97 Å². The predicted molar refractivity (Wildman–Crippen MR) is 75.6 cm³/mol. The molecule has 0 amide bonds. The first-order valence-electron chi connectivity index (χ1n) is 6.00. The Hall–Kier alpha value is -1.56. The van der Waals surface area contributed by atoms with Crippen LogP contribution in [0.5, 0.6) is 0 Å². The minimum Gasteiger partial charge on any atom is -0.481 e. The molecular weight excluding hydrogens is 262 g/mol. The lowest BCUT2D eigenvalue weighted by Crippen LogP contribution is -2.23. The van der Waals surface area contributed by atoms with Gasteiger partial charge >= 0.3 is 5.97 Å². The van der Waals surface area contributed by atoms with Crippen LogP contribution in [0.1, 0.15) is 26.3 Å². The normalized spacial score (nSPS) is 12.0. The monoisotopic (exact) mass is 279 g/mol. The average Bonchev–Trinajstić information content (AvgIpc) is 2.66. The summed E-state index contributed by atoms with van der Waals surface area (Å²) in [5.74, 6) is -0.847. The predicted octanol–water partition coefficient (Wildman–Crippen LogP) is 2.67. The number of fused-ring (bicyclic) bond motifs is 1. The molecular formula is C13H17N3O2S. The lowest BCUT2D eigenvalue weighted by molar-refractivity contribution is -0.133. The third-order valence-corrected chi connectivity index (χ3v) is 3.64. The summed E-state index contributed by atoms with van der Waals surface area (Å²) in [6, 6.07) is 1.91. The van der Waals surface area contributed by atoms with Crippen LogP contribution in [0.25, 0.3) is 11.2 Å². The zero-order chi connectivity index (χ0) is 14.2. The van der Waals surface area contributed by atoms with Crippen LogP contribution < -0.4 is 0 Å². The summed E-state index contributed by atoms with van der Waals surface area (Å²) in [6.45, 7) is 8.16. The van der Waals surface area contributed by atoms with Crippen molar-refractivity contribution < 1.29 is 9.90 Å². The number of pyridine rings is 1. The quantitative estimate of drug-likeness (QED) is 0.875. The highest BCUT2D eigenvalue weighted by Crippen LogP contribution is 2.30. The van der Waals surface area contributed by atoms with E-state index in [1.165, 1.54) is 11.8 Å². The number of imidazole rings is 1. The summed E-state index contributed by atoms with van der Waals surface area (Å²) >= 11 is 1.23. The van der Waals surface area contributed by atoms with Crippen LogP contribution in [0.4, 0.5) is 0 Å². The highest BCUT2D eigenvalue weighted by Gasteiger charge is 2.23. The second-order valence-electron chi connectivity index (χ2n) is 5.38. The molecule has 0 saturated carbocycles. The van der Waals surface area contributed by atoms with E-state index < -0.39 is 5.97 Å². The number of thioether (sulfide) groups is 1. The number of nitrogens with zero attached hydrogens (tertiary/aromatic N) is 3. The van der Waals surface area contributed by atoms with Gasteiger partial charge < -0.3 is 5.11 Å². The molecule has 0 fully saturated rings. The number of hydrogen-bond donors (Lipinski definition) is 1. The molecule has 1 N–H and O–H groups in total. The van der Waals surface area contributed by atoms with Gasteiger partial charge in [-0.2, -0.15) is 0 Å². The Balaban J connectivity index is 2.61. The van der Waals surface area contributed by atoms with Gasteiger partial charge in [0, 0.05) is 11.7 Å². The molecule has 2 aromatic heterocycles. The maximum absolute atomic E-state index is 10.7. The summed E-state index contributed by atoms with van der Waals surface area (Å²) in [6.07, 6.45) is 1.76. The van der Waals surface area contributed by atoms with E-state index in [-0.39, 0.29) is 11.3 Å². The largest absolute Gasteiger partial charge is 0.481 e. The van der Waals surface area contributed by atoms with Crippen molar-refractivity contribution in [1.82, 2.24) is 14.5 Å². The van der Waals surface area contributed by atoms with E-state index in [0.29, 0.717) is 5.16 Å². The molecule has 2 rings (SSSR count). The van der Waals surface area contributed by atoms with Crippen LogP contribution in [0.15, 0.2) is 17.4 Å². The number of rotatable bonds is 3. The summed E-state index contributed by atoms with van der Waals surface area (Å²) in [4.78, 5) is 19.7. The molecule has 102 valence electrons. The number of carbonyl (C=O) groups is 1. The maximum Gasteiger partial charge on any atom is 0.313 e. The van der Waals surface area contributed by atoms with E-state index in [1.54, 1.807) is 6.20 Å². The summed E-state index contributed by atoms with van der Waals surface area (Å²) < 4.78 is 2.00. The van der Waals surface area contributed by atoms with E-state index in [0.717, 1.165) is 16.7 Å². The second kappa shape index (κ2) is 4.85. The van der Waals surface area contributed by atoms with Gasteiger partial charge in [-0.3, -0.25) is 9.36 Å². The number of hydrogen-bond acceptors (Lipinski definition) is 4. The third-order valence-electron chi connectivity index (χ3n) is 2.71. The Morgan fingerprint density at radius 2 is 2.16 bits per heavy atom. The first-order chi connectivity index (χ1) is 8.80. The summed E-state index contributed by atoms with van der Waals surface area (Å²) in [5.41, 5.74) is 2.49. The molecule has 0 aliphatic heterocycles. The number of aryl methyl sites for hydroxylation is 1. The third kappa shape index (κ3) is 2.73. The fourth-order valence-corrected chi connectivity index (χ4v) is 2.80. The lowest BCUT2D eigenvalue weighted by atomic mass is 10.1. The Bertz CT molecular complexity index is 629. The van der Waals surface area contributed by atoms with E-state index in [4.69, 9.17) is 5.11 Å². The fraction of sp³-hybridized carbons (Fsp3) is 0.462. The molecule has 0 bridgehead atoms. The maximum atomic E-state index is 10.7. The minimum atomic E-state index is -0.845. The van der Waals surface area contributed by atoms with Gasteiger partial charge in [0.15, 0.2) is 10.8 Å². The molecule has 0 aliphatic carbocycles. The first-order valence-corrected chi connectivity index (χ1v) is 6.98. The molecule has 6 heteroatoms. The fourth-order valence-electron chi connectivity index (χ4n) is 1.90. The number of carboxylic acids is 1. The molecule has 0 aromatic carbocycles. The highest BCUT2D eigenvalue weighted by molar-refractivity contribution is 7.99. The van der Waals surface area contributed by atoms with Gasteiger partial charge in [-0.1, -0.05) is 11.8 Å². The van der Waals surface area contributed by atoms with Crippen LogP contribution in [0, 0.1) is 6.92 Å². The Morgan fingerprint density at radius 1 is 1.47 bits per heavy atom. The molecule has 0 unspecified atom stereocenters. The van der Waals surface area contributed by atoms with Crippen molar-refractivity contribution in [3.05, 3.63) is 17.8 Å². The first kappa shape index (κ1) is 13.9. The Kier molecular flexibility index (Phi) is 3.54. The molecule has 0 saturated heterocycles. The van der Waals surface area contributed by atoms with Gasteiger partial charge in [-0.15, -0.1) is 0 Å². The van der Waals surface area contributed by atoms with E-state index in [9.17, 15) is 4.79 Å². The lowest BCUT2D eigenvalue weighted by Gasteiger charge is -2.23. The van der Waals surface area contributed by atoms with Gasteiger partial charge in [0.05, 0.1) is 5.75 Å². The molecule has 0 radical (unpaired) electrons. The van der Waals surface area contributed by atoms with Gasteiger partial charge in [-0.05, 0) is 39.3 Å². The van der Waals surface area contributed by atoms with E-state index in [1.807, 2.05) is 17.6 Å². The van der Waals surface area contributed by atoms with Crippen LogP contribution in [0.2, 0.25) is 0 Å². The van der Waals surface area contributed by atoms with Crippen LogP contribution in [-0.2, 0) is 10.3 Å².